The van der Waals surface area contributed by atoms with Gasteiger partial charge in [0.1, 0.15) is 0 Å². The summed E-state index contributed by atoms with van der Waals surface area (Å²) in [5.41, 5.74) is 0. The lowest BCUT2D eigenvalue weighted by Crippen LogP contribution is -2.45. The van der Waals surface area contributed by atoms with Crippen LogP contribution in [-0.4, -0.2) is 47.4 Å². The molecule has 0 spiro atoms. The number of carbonyl (C=O) groups is 2. The van der Waals surface area contributed by atoms with Crippen LogP contribution in [0.15, 0.2) is 24.3 Å². The SMILES string of the molecule is CCCCCCCCC/C=C/C(O)C(CO)NC(=O)CCCCCCCCCCCCCCCC/C=C\CCCCCCCCCCCCCCOC(=O)CCCCCCCCCCCCCCCCCCCC. The molecule has 3 N–H and O–H groups in total. The summed E-state index contributed by atoms with van der Waals surface area (Å²) in [5, 5.41) is 23.0. The van der Waals surface area contributed by atoms with Crippen LogP contribution in [0.5, 0.6) is 0 Å². The van der Waals surface area contributed by atoms with E-state index in [9.17, 15) is 19.8 Å². The molecule has 0 radical (unpaired) electrons. The Morgan fingerprint density at radius 3 is 0.959 bits per heavy atom. The molecule has 0 aromatic heterocycles. The van der Waals surface area contributed by atoms with Crippen LogP contribution in [0.2, 0.25) is 0 Å². The quantitative estimate of drug-likeness (QED) is 0.0320. The van der Waals surface area contributed by atoms with E-state index < -0.39 is 12.1 Å². The van der Waals surface area contributed by atoms with Crippen molar-refractivity contribution in [3.8, 4) is 0 Å². The molecule has 0 bridgehead atoms. The molecule has 0 aliphatic heterocycles. The number of nitrogens with one attached hydrogen (secondary N) is 1. The van der Waals surface area contributed by atoms with Gasteiger partial charge in [0.15, 0.2) is 0 Å². The lowest BCUT2D eigenvalue weighted by atomic mass is 10.0. The molecule has 0 heterocycles. The maximum Gasteiger partial charge on any atom is 0.305 e. The van der Waals surface area contributed by atoms with Gasteiger partial charge in [-0.2, -0.15) is 0 Å². The summed E-state index contributed by atoms with van der Waals surface area (Å²) in [7, 11) is 0. The van der Waals surface area contributed by atoms with Crippen molar-refractivity contribution >= 4 is 11.9 Å². The van der Waals surface area contributed by atoms with E-state index in [4.69, 9.17) is 4.74 Å². The van der Waals surface area contributed by atoms with Gasteiger partial charge in [0.25, 0.3) is 0 Å². The van der Waals surface area contributed by atoms with Gasteiger partial charge in [-0.15, -0.1) is 0 Å². The number of amides is 1. The Bertz CT molecular complexity index is 1150. The van der Waals surface area contributed by atoms with Crippen molar-refractivity contribution in [2.45, 2.75) is 386 Å². The van der Waals surface area contributed by atoms with Crippen molar-refractivity contribution in [2.75, 3.05) is 13.2 Å². The number of hydrogen-bond donors (Lipinski definition) is 3. The van der Waals surface area contributed by atoms with Gasteiger partial charge in [0.2, 0.25) is 5.91 Å². The van der Waals surface area contributed by atoms with Crippen molar-refractivity contribution in [2.24, 2.45) is 0 Å². The van der Waals surface area contributed by atoms with Crippen LogP contribution in [0.4, 0.5) is 0 Å². The zero-order chi connectivity index (χ0) is 53.6. The third-order valence-electron chi connectivity index (χ3n) is 15.7. The molecule has 6 heteroatoms. The molecule has 0 aliphatic rings. The Hall–Kier alpha value is -1.66. The van der Waals surface area contributed by atoms with E-state index in [2.05, 4.69) is 31.3 Å². The minimum absolute atomic E-state index is 0.0216. The zero-order valence-electron chi connectivity index (χ0n) is 50.1. The molecule has 74 heavy (non-hydrogen) atoms. The molecule has 0 rings (SSSR count). The molecule has 1 amide bonds. The normalized spacial score (nSPS) is 12.6. The molecule has 0 aliphatic carbocycles. The highest BCUT2D eigenvalue weighted by molar-refractivity contribution is 5.76. The van der Waals surface area contributed by atoms with E-state index in [1.807, 2.05) is 6.08 Å². The number of allylic oxidation sites excluding steroid dienone is 3. The number of carbonyl (C=O) groups excluding carboxylic acids is 2. The molecular formula is C68H131NO5. The van der Waals surface area contributed by atoms with E-state index in [1.165, 1.54) is 308 Å². The largest absolute Gasteiger partial charge is 0.466 e. The minimum Gasteiger partial charge on any atom is -0.466 e. The minimum atomic E-state index is -0.840. The maximum absolute atomic E-state index is 12.4. The Morgan fingerprint density at radius 1 is 0.365 bits per heavy atom. The first kappa shape index (κ1) is 72.3. The monoisotopic (exact) mass is 1040 g/mol. The van der Waals surface area contributed by atoms with Gasteiger partial charge in [-0.1, -0.05) is 327 Å². The first-order valence-corrected chi connectivity index (χ1v) is 33.6. The lowest BCUT2D eigenvalue weighted by Gasteiger charge is -2.20. The Balaban J connectivity index is 3.32. The van der Waals surface area contributed by atoms with E-state index in [0.717, 1.165) is 38.5 Å². The van der Waals surface area contributed by atoms with Crippen molar-refractivity contribution < 1.29 is 24.5 Å². The number of aliphatic hydroxyl groups is 2. The van der Waals surface area contributed by atoms with E-state index in [-0.39, 0.29) is 18.5 Å². The van der Waals surface area contributed by atoms with E-state index in [1.54, 1.807) is 6.08 Å². The summed E-state index contributed by atoms with van der Waals surface area (Å²) in [6.45, 7) is 4.91. The summed E-state index contributed by atoms with van der Waals surface area (Å²) < 4.78 is 5.51. The van der Waals surface area contributed by atoms with Crippen LogP contribution >= 0.6 is 0 Å². The summed E-state index contributed by atoms with van der Waals surface area (Å²) >= 11 is 0. The Morgan fingerprint density at radius 2 is 0.635 bits per heavy atom. The predicted molar refractivity (Wildman–Crippen MR) is 324 cm³/mol. The van der Waals surface area contributed by atoms with Crippen molar-refractivity contribution in [1.82, 2.24) is 5.32 Å². The summed E-state index contributed by atoms with van der Waals surface area (Å²) in [6, 6.07) is -0.624. The van der Waals surface area contributed by atoms with Crippen LogP contribution in [-0.2, 0) is 14.3 Å². The van der Waals surface area contributed by atoms with E-state index in [0.29, 0.717) is 19.4 Å². The Kier molecular flexibility index (Phi) is 62.4. The number of hydrogen-bond acceptors (Lipinski definition) is 5. The van der Waals surface area contributed by atoms with Gasteiger partial charge >= 0.3 is 5.97 Å². The highest BCUT2D eigenvalue weighted by Gasteiger charge is 2.18. The van der Waals surface area contributed by atoms with Gasteiger partial charge in [-0.25, -0.2) is 0 Å². The highest BCUT2D eigenvalue weighted by Crippen LogP contribution is 2.18. The zero-order valence-corrected chi connectivity index (χ0v) is 50.1. The number of aliphatic hydroxyl groups excluding tert-OH is 2. The molecule has 0 saturated carbocycles. The molecule has 0 aromatic rings. The third kappa shape index (κ3) is 59.6. The Labute approximate surface area is 462 Å². The van der Waals surface area contributed by atoms with Gasteiger partial charge in [-0.05, 0) is 57.8 Å². The fourth-order valence-corrected chi connectivity index (χ4v) is 10.6. The summed E-state index contributed by atoms with van der Waals surface area (Å²) in [6.07, 6.45) is 79.8. The number of ether oxygens (including phenoxy) is 1. The number of esters is 1. The third-order valence-corrected chi connectivity index (χ3v) is 15.7. The van der Waals surface area contributed by atoms with Crippen molar-refractivity contribution in [1.29, 1.82) is 0 Å². The van der Waals surface area contributed by atoms with Crippen LogP contribution in [0.25, 0.3) is 0 Å². The van der Waals surface area contributed by atoms with Crippen molar-refractivity contribution in [3.05, 3.63) is 24.3 Å². The predicted octanol–water partition coefficient (Wildman–Crippen LogP) is 21.4. The average molecular weight is 1040 g/mol. The van der Waals surface area contributed by atoms with Gasteiger partial charge < -0.3 is 20.3 Å². The molecule has 0 aromatic carbocycles. The summed E-state index contributed by atoms with van der Waals surface area (Å²) in [5.74, 6) is -0.0464. The first-order valence-electron chi connectivity index (χ1n) is 33.6. The number of unbranched alkanes of at least 4 members (excludes halogenated alkanes) is 50. The van der Waals surface area contributed by atoms with Crippen LogP contribution in [0.3, 0.4) is 0 Å². The fraction of sp³-hybridized carbons (Fsp3) is 0.912. The van der Waals surface area contributed by atoms with Crippen molar-refractivity contribution in [3.63, 3.8) is 0 Å². The molecule has 2 atom stereocenters. The van der Waals surface area contributed by atoms with Crippen LogP contribution in [0.1, 0.15) is 373 Å². The van der Waals surface area contributed by atoms with Gasteiger partial charge in [0, 0.05) is 12.8 Å². The molecule has 438 valence electrons. The highest BCUT2D eigenvalue weighted by atomic mass is 16.5. The second kappa shape index (κ2) is 63.9. The smallest absolute Gasteiger partial charge is 0.305 e. The maximum atomic E-state index is 12.4. The lowest BCUT2D eigenvalue weighted by molar-refractivity contribution is -0.143. The molecule has 0 fully saturated rings. The second-order valence-electron chi connectivity index (χ2n) is 23.2. The van der Waals surface area contributed by atoms with Gasteiger partial charge in [0.05, 0.1) is 25.4 Å². The molecular weight excluding hydrogens is 911 g/mol. The average Bonchev–Trinajstić information content (AvgIpc) is 3.40. The first-order chi connectivity index (χ1) is 36.5. The van der Waals surface area contributed by atoms with Crippen LogP contribution in [0, 0.1) is 0 Å². The second-order valence-corrected chi connectivity index (χ2v) is 23.2. The molecule has 2 unspecified atom stereocenters. The van der Waals surface area contributed by atoms with Crippen LogP contribution < -0.4 is 5.32 Å². The number of rotatable bonds is 63. The van der Waals surface area contributed by atoms with E-state index >= 15 is 0 Å². The standard InChI is InChI=1S/C68H131NO5/c1-3-5-7-9-11-13-14-15-16-17-33-36-39-42-46-50-54-58-62-68(73)74-63-59-55-51-47-43-40-37-34-31-29-27-25-23-21-19-18-20-22-24-26-28-30-32-35-38-41-45-49-53-57-61-67(72)69-65(64-70)66(71)60-56-52-48-44-12-10-8-6-4-2/h19,21,56,60,65-66,70-71H,3-18,20,22-55,57-59,61-64H2,1-2H3,(H,69,72)/b21-19-,60-56+. The summed E-state index contributed by atoms with van der Waals surface area (Å²) in [4.78, 5) is 24.5. The fourth-order valence-electron chi connectivity index (χ4n) is 10.6. The van der Waals surface area contributed by atoms with Gasteiger partial charge in [-0.3, -0.25) is 9.59 Å². The molecule has 0 saturated heterocycles. The topological polar surface area (TPSA) is 95.9 Å². The molecule has 6 nitrogen and oxygen atoms in total.